The van der Waals surface area contributed by atoms with Gasteiger partial charge in [0.25, 0.3) is 0 Å². The summed E-state index contributed by atoms with van der Waals surface area (Å²) in [5.41, 5.74) is 0. The Morgan fingerprint density at radius 1 is 0.625 bits per heavy atom. The van der Waals surface area contributed by atoms with E-state index in [-0.39, 0.29) is 0 Å². The SMILES string of the molecule is CCCCCCCCCCCCCCOS. The molecule has 0 spiro atoms. The molecule has 0 atom stereocenters. The van der Waals surface area contributed by atoms with Crippen LogP contribution in [0, 0.1) is 0 Å². The predicted octanol–water partition coefficient (Wildman–Crippen LogP) is 5.55. The highest BCUT2D eigenvalue weighted by molar-refractivity contribution is 7.75. The van der Waals surface area contributed by atoms with Crippen LogP contribution in [-0.4, -0.2) is 6.61 Å². The summed E-state index contributed by atoms with van der Waals surface area (Å²) in [5, 5.41) is 0. The monoisotopic (exact) mass is 246 g/mol. The Labute approximate surface area is 108 Å². The van der Waals surface area contributed by atoms with Crippen molar-refractivity contribution < 1.29 is 4.18 Å². The van der Waals surface area contributed by atoms with E-state index in [1.165, 1.54) is 77.0 Å². The van der Waals surface area contributed by atoms with Gasteiger partial charge in [0.2, 0.25) is 0 Å². The Hall–Kier alpha value is 0.310. The van der Waals surface area contributed by atoms with E-state index in [4.69, 9.17) is 4.18 Å². The van der Waals surface area contributed by atoms with Crippen molar-refractivity contribution in [1.82, 2.24) is 0 Å². The van der Waals surface area contributed by atoms with E-state index >= 15 is 0 Å². The van der Waals surface area contributed by atoms with Gasteiger partial charge >= 0.3 is 0 Å². The molecule has 0 rings (SSSR count). The van der Waals surface area contributed by atoms with Crippen molar-refractivity contribution in [3.63, 3.8) is 0 Å². The maximum Gasteiger partial charge on any atom is 0.0610 e. The van der Waals surface area contributed by atoms with Crippen LogP contribution in [0.3, 0.4) is 0 Å². The molecule has 0 aromatic rings. The number of hydrogen-bond donors (Lipinski definition) is 1. The van der Waals surface area contributed by atoms with E-state index in [0.717, 1.165) is 6.61 Å². The van der Waals surface area contributed by atoms with Crippen LogP contribution in [0.25, 0.3) is 0 Å². The summed E-state index contributed by atoms with van der Waals surface area (Å²) in [6, 6.07) is 0. The van der Waals surface area contributed by atoms with Gasteiger partial charge in [0.1, 0.15) is 0 Å². The van der Waals surface area contributed by atoms with Crippen LogP contribution in [0.1, 0.15) is 84.0 Å². The lowest BCUT2D eigenvalue weighted by molar-refractivity contribution is 0.361. The van der Waals surface area contributed by atoms with E-state index < -0.39 is 0 Å². The first kappa shape index (κ1) is 16.3. The van der Waals surface area contributed by atoms with Crippen LogP contribution >= 0.6 is 12.9 Å². The maximum atomic E-state index is 4.73. The molecule has 98 valence electrons. The van der Waals surface area contributed by atoms with Crippen molar-refractivity contribution in [3.8, 4) is 0 Å². The summed E-state index contributed by atoms with van der Waals surface area (Å²) in [6.45, 7) is 3.08. The molecule has 0 amide bonds. The van der Waals surface area contributed by atoms with Gasteiger partial charge in [0.15, 0.2) is 0 Å². The van der Waals surface area contributed by atoms with Gasteiger partial charge < -0.3 is 4.18 Å². The van der Waals surface area contributed by atoms with Crippen LogP contribution in [0.4, 0.5) is 0 Å². The molecule has 0 aliphatic rings. The molecule has 0 fully saturated rings. The fraction of sp³-hybridized carbons (Fsp3) is 1.00. The van der Waals surface area contributed by atoms with Crippen molar-refractivity contribution in [2.75, 3.05) is 6.61 Å². The van der Waals surface area contributed by atoms with E-state index in [0.29, 0.717) is 0 Å². The number of unbranched alkanes of at least 4 members (excludes halogenated alkanes) is 11. The molecule has 0 bridgehead atoms. The molecule has 0 aliphatic heterocycles. The van der Waals surface area contributed by atoms with Gasteiger partial charge in [-0.3, -0.25) is 0 Å². The Bertz CT molecular complexity index is 103. The predicted molar refractivity (Wildman–Crippen MR) is 76.0 cm³/mol. The van der Waals surface area contributed by atoms with Gasteiger partial charge in [-0.1, -0.05) is 77.6 Å². The molecule has 0 saturated carbocycles. The van der Waals surface area contributed by atoms with Gasteiger partial charge in [-0.25, -0.2) is 0 Å². The average Bonchev–Trinajstić information content (AvgIpc) is 2.31. The summed E-state index contributed by atoms with van der Waals surface area (Å²) in [4.78, 5) is 0. The summed E-state index contributed by atoms with van der Waals surface area (Å²) in [6.07, 6.45) is 16.7. The summed E-state index contributed by atoms with van der Waals surface area (Å²) in [5.74, 6) is 0. The van der Waals surface area contributed by atoms with Crippen molar-refractivity contribution in [2.24, 2.45) is 0 Å². The first-order valence-electron chi connectivity index (χ1n) is 7.18. The summed E-state index contributed by atoms with van der Waals surface area (Å²) in [7, 11) is 0. The summed E-state index contributed by atoms with van der Waals surface area (Å²) < 4.78 is 4.73. The Kier molecular flexibility index (Phi) is 15.6. The van der Waals surface area contributed by atoms with E-state index in [9.17, 15) is 0 Å². The normalized spacial score (nSPS) is 10.9. The minimum atomic E-state index is 0.806. The van der Waals surface area contributed by atoms with Gasteiger partial charge in [0, 0.05) is 0 Å². The van der Waals surface area contributed by atoms with Crippen LogP contribution < -0.4 is 0 Å². The lowest BCUT2D eigenvalue weighted by Gasteiger charge is -2.02. The highest BCUT2D eigenvalue weighted by Crippen LogP contribution is 2.11. The molecular formula is C14H30OS. The van der Waals surface area contributed by atoms with Gasteiger partial charge in [-0.05, 0) is 19.3 Å². The third-order valence-electron chi connectivity index (χ3n) is 3.09. The second-order valence-electron chi connectivity index (χ2n) is 4.72. The highest BCUT2D eigenvalue weighted by atomic mass is 32.1. The van der Waals surface area contributed by atoms with Crippen LogP contribution in [0.5, 0.6) is 0 Å². The lowest BCUT2D eigenvalue weighted by Crippen LogP contribution is -1.85. The second kappa shape index (κ2) is 15.3. The quantitative estimate of drug-likeness (QED) is 0.255. The molecule has 0 radical (unpaired) electrons. The second-order valence-corrected chi connectivity index (χ2v) is 4.98. The van der Waals surface area contributed by atoms with Gasteiger partial charge in [0.05, 0.1) is 6.61 Å². The van der Waals surface area contributed by atoms with Crippen LogP contribution in [0.2, 0.25) is 0 Å². The molecule has 16 heavy (non-hydrogen) atoms. The summed E-state index contributed by atoms with van der Waals surface area (Å²) >= 11 is 3.73. The van der Waals surface area contributed by atoms with Crippen molar-refractivity contribution >= 4 is 12.9 Å². The fourth-order valence-electron chi connectivity index (χ4n) is 2.01. The molecule has 0 aromatic carbocycles. The zero-order chi connectivity index (χ0) is 11.9. The Morgan fingerprint density at radius 2 is 1.00 bits per heavy atom. The third kappa shape index (κ3) is 14.3. The molecule has 1 nitrogen and oxygen atoms in total. The first-order chi connectivity index (χ1) is 7.91. The standard InChI is InChI=1S/C14H30OS/c1-2-3-4-5-6-7-8-9-10-11-12-13-14-15-16/h16H,2-14H2,1H3. The van der Waals surface area contributed by atoms with Crippen LogP contribution in [-0.2, 0) is 4.18 Å². The molecule has 0 aromatic heterocycles. The molecule has 0 aliphatic carbocycles. The number of thiol groups is 1. The Morgan fingerprint density at radius 3 is 1.38 bits per heavy atom. The maximum absolute atomic E-state index is 4.73. The van der Waals surface area contributed by atoms with Gasteiger partial charge in [-0.15, -0.1) is 0 Å². The zero-order valence-corrected chi connectivity index (χ0v) is 11.9. The van der Waals surface area contributed by atoms with Gasteiger partial charge in [-0.2, -0.15) is 0 Å². The van der Waals surface area contributed by atoms with Crippen molar-refractivity contribution in [2.45, 2.75) is 84.0 Å². The molecule has 0 heterocycles. The van der Waals surface area contributed by atoms with E-state index in [1.54, 1.807) is 0 Å². The molecule has 2 heteroatoms. The largest absolute Gasteiger partial charge is 0.319 e. The minimum absolute atomic E-state index is 0.806. The first-order valence-corrected chi connectivity index (χ1v) is 7.54. The van der Waals surface area contributed by atoms with E-state index in [1.807, 2.05) is 0 Å². The molecule has 0 N–H and O–H groups in total. The molecular weight excluding hydrogens is 216 g/mol. The van der Waals surface area contributed by atoms with E-state index in [2.05, 4.69) is 19.8 Å². The van der Waals surface area contributed by atoms with Crippen molar-refractivity contribution in [3.05, 3.63) is 0 Å². The number of hydrogen-bond acceptors (Lipinski definition) is 2. The van der Waals surface area contributed by atoms with Crippen molar-refractivity contribution in [1.29, 1.82) is 0 Å². The zero-order valence-electron chi connectivity index (χ0n) is 11.0. The third-order valence-corrected chi connectivity index (χ3v) is 3.27. The highest BCUT2D eigenvalue weighted by Gasteiger charge is 1.93. The smallest absolute Gasteiger partial charge is 0.0610 e. The van der Waals surface area contributed by atoms with Crippen LogP contribution in [0.15, 0.2) is 0 Å². The number of rotatable bonds is 13. The molecule has 0 unspecified atom stereocenters. The Balaban J connectivity index is 2.83. The average molecular weight is 246 g/mol. The fourth-order valence-corrected chi connectivity index (χ4v) is 2.14. The molecule has 0 saturated heterocycles. The minimum Gasteiger partial charge on any atom is -0.319 e. The lowest BCUT2D eigenvalue weighted by atomic mass is 10.1. The topological polar surface area (TPSA) is 9.23 Å².